The zero-order valence-corrected chi connectivity index (χ0v) is 9.70. The summed E-state index contributed by atoms with van der Waals surface area (Å²) < 4.78 is 0. The van der Waals surface area contributed by atoms with E-state index in [0.29, 0.717) is 6.54 Å². The van der Waals surface area contributed by atoms with Crippen molar-refractivity contribution in [1.82, 2.24) is 5.32 Å². The van der Waals surface area contributed by atoms with Crippen LogP contribution in [0.4, 0.5) is 5.69 Å². The molecule has 1 saturated heterocycles. The fraction of sp³-hybridized carbons (Fsp3) is 0.462. The zero-order chi connectivity index (χ0) is 11.4. The molecule has 1 aromatic rings. The first kappa shape index (κ1) is 11.1. The number of carbonyl (C=O) groups is 1. The van der Waals surface area contributed by atoms with Gasteiger partial charge in [-0.25, -0.2) is 0 Å². The quantitative estimate of drug-likeness (QED) is 0.835. The van der Waals surface area contributed by atoms with Crippen molar-refractivity contribution in [1.29, 1.82) is 0 Å². The largest absolute Gasteiger partial charge is 0.310 e. The minimum Gasteiger partial charge on any atom is -0.310 e. The number of benzene rings is 1. The van der Waals surface area contributed by atoms with Crippen LogP contribution in [0, 0.1) is 0 Å². The molecular formula is C13H18N2O. The molecule has 0 unspecified atom stereocenters. The molecule has 3 nitrogen and oxygen atoms in total. The molecular weight excluding hydrogens is 200 g/mol. The van der Waals surface area contributed by atoms with E-state index < -0.39 is 0 Å². The van der Waals surface area contributed by atoms with Gasteiger partial charge in [-0.2, -0.15) is 0 Å². The van der Waals surface area contributed by atoms with Gasteiger partial charge in [0, 0.05) is 18.8 Å². The lowest BCUT2D eigenvalue weighted by molar-refractivity contribution is -0.118. The molecule has 0 saturated carbocycles. The Kier molecular flexibility index (Phi) is 3.57. The molecule has 1 N–H and O–H groups in total. The fourth-order valence-electron chi connectivity index (χ4n) is 2.12. The Morgan fingerprint density at radius 1 is 1.38 bits per heavy atom. The highest BCUT2D eigenvalue weighted by Crippen LogP contribution is 2.22. The number of para-hydroxylation sites is 1. The molecule has 1 heterocycles. The third-order valence-corrected chi connectivity index (χ3v) is 2.89. The second-order valence-corrected chi connectivity index (χ2v) is 4.10. The maximum absolute atomic E-state index is 11.8. The molecule has 0 aliphatic carbocycles. The Balaban J connectivity index is 2.27. The van der Waals surface area contributed by atoms with Crippen molar-refractivity contribution in [3.05, 3.63) is 29.8 Å². The lowest BCUT2D eigenvalue weighted by atomic mass is 10.1. The van der Waals surface area contributed by atoms with Crippen LogP contribution < -0.4 is 10.2 Å². The summed E-state index contributed by atoms with van der Waals surface area (Å²) in [5.41, 5.74) is 2.37. The predicted molar refractivity (Wildman–Crippen MR) is 65.7 cm³/mol. The summed E-state index contributed by atoms with van der Waals surface area (Å²) in [6, 6.07) is 8.22. The molecule has 0 spiro atoms. The van der Waals surface area contributed by atoms with E-state index in [9.17, 15) is 4.79 Å². The summed E-state index contributed by atoms with van der Waals surface area (Å²) >= 11 is 0. The van der Waals surface area contributed by atoms with E-state index in [1.165, 1.54) is 5.56 Å². The molecule has 0 atom stereocenters. The van der Waals surface area contributed by atoms with E-state index in [4.69, 9.17) is 0 Å². The third kappa shape index (κ3) is 2.25. The van der Waals surface area contributed by atoms with Gasteiger partial charge in [0.25, 0.3) is 0 Å². The van der Waals surface area contributed by atoms with Crippen molar-refractivity contribution in [3.8, 4) is 0 Å². The maximum atomic E-state index is 11.8. The van der Waals surface area contributed by atoms with Crippen molar-refractivity contribution in [2.45, 2.75) is 19.8 Å². The lowest BCUT2D eigenvalue weighted by Crippen LogP contribution is -2.48. The Labute approximate surface area is 96.5 Å². The third-order valence-electron chi connectivity index (χ3n) is 2.89. The van der Waals surface area contributed by atoms with Crippen molar-refractivity contribution < 1.29 is 4.79 Å². The molecule has 1 aliphatic rings. The van der Waals surface area contributed by atoms with Crippen molar-refractivity contribution in [2.75, 3.05) is 24.5 Å². The van der Waals surface area contributed by atoms with Gasteiger partial charge in [-0.1, -0.05) is 31.5 Å². The molecule has 1 fully saturated rings. The van der Waals surface area contributed by atoms with E-state index >= 15 is 0 Å². The minimum atomic E-state index is 0.176. The molecule has 3 heteroatoms. The maximum Gasteiger partial charge on any atom is 0.240 e. The molecule has 2 rings (SSSR count). The van der Waals surface area contributed by atoms with Gasteiger partial charge in [0.05, 0.1) is 6.54 Å². The lowest BCUT2D eigenvalue weighted by Gasteiger charge is -2.29. The summed E-state index contributed by atoms with van der Waals surface area (Å²) in [7, 11) is 0. The zero-order valence-electron chi connectivity index (χ0n) is 9.70. The summed E-state index contributed by atoms with van der Waals surface area (Å²) in [6.07, 6.45) is 2.14. The number of piperazine rings is 1. The van der Waals surface area contributed by atoms with E-state index in [2.05, 4.69) is 18.3 Å². The van der Waals surface area contributed by atoms with Gasteiger partial charge in [0.1, 0.15) is 0 Å². The van der Waals surface area contributed by atoms with Crippen LogP contribution in [0.2, 0.25) is 0 Å². The minimum absolute atomic E-state index is 0.176. The second kappa shape index (κ2) is 5.12. The summed E-state index contributed by atoms with van der Waals surface area (Å²) in [6.45, 7) is 4.28. The van der Waals surface area contributed by atoms with E-state index in [-0.39, 0.29) is 5.91 Å². The first-order chi connectivity index (χ1) is 7.83. The molecule has 0 aromatic heterocycles. The molecule has 1 aromatic carbocycles. The van der Waals surface area contributed by atoms with Crippen LogP contribution in [0.15, 0.2) is 24.3 Å². The first-order valence-electron chi connectivity index (χ1n) is 5.92. The number of rotatable bonds is 3. The van der Waals surface area contributed by atoms with Gasteiger partial charge >= 0.3 is 0 Å². The number of aryl methyl sites for hydroxylation is 1. The Hall–Kier alpha value is -1.35. The standard InChI is InChI=1S/C13H18N2O/c1-2-5-11-6-3-4-7-12(11)15-9-8-14-10-13(15)16/h3-4,6-7,14H,2,5,8-10H2,1H3. The average Bonchev–Trinajstić information content (AvgIpc) is 2.31. The Bertz CT molecular complexity index is 376. The molecule has 1 aliphatic heterocycles. The van der Waals surface area contributed by atoms with Gasteiger partial charge in [0.15, 0.2) is 0 Å². The number of nitrogens with zero attached hydrogens (tertiary/aromatic N) is 1. The summed E-state index contributed by atoms with van der Waals surface area (Å²) in [5, 5.41) is 3.09. The highest BCUT2D eigenvalue weighted by Gasteiger charge is 2.20. The van der Waals surface area contributed by atoms with Crippen LogP contribution >= 0.6 is 0 Å². The fourth-order valence-corrected chi connectivity index (χ4v) is 2.12. The van der Waals surface area contributed by atoms with Gasteiger partial charge in [0.2, 0.25) is 5.91 Å². The van der Waals surface area contributed by atoms with Gasteiger partial charge in [-0.3, -0.25) is 4.79 Å². The average molecular weight is 218 g/mol. The van der Waals surface area contributed by atoms with Crippen molar-refractivity contribution >= 4 is 11.6 Å². The highest BCUT2D eigenvalue weighted by molar-refractivity contribution is 5.96. The van der Waals surface area contributed by atoms with Gasteiger partial charge < -0.3 is 10.2 Å². The number of hydrogen-bond acceptors (Lipinski definition) is 2. The van der Waals surface area contributed by atoms with E-state index in [1.54, 1.807) is 0 Å². The van der Waals surface area contributed by atoms with Crippen molar-refractivity contribution in [3.63, 3.8) is 0 Å². The topological polar surface area (TPSA) is 32.3 Å². The van der Waals surface area contributed by atoms with Crippen LogP contribution in [0.3, 0.4) is 0 Å². The molecule has 16 heavy (non-hydrogen) atoms. The Morgan fingerprint density at radius 2 is 2.19 bits per heavy atom. The van der Waals surface area contributed by atoms with Crippen LogP contribution in [0.5, 0.6) is 0 Å². The predicted octanol–water partition coefficient (Wildman–Crippen LogP) is 1.58. The summed E-state index contributed by atoms with van der Waals surface area (Å²) in [5.74, 6) is 0.176. The molecule has 86 valence electrons. The van der Waals surface area contributed by atoms with Crippen LogP contribution in [0.1, 0.15) is 18.9 Å². The van der Waals surface area contributed by atoms with Crippen LogP contribution in [-0.4, -0.2) is 25.5 Å². The number of anilines is 1. The highest BCUT2D eigenvalue weighted by atomic mass is 16.2. The molecule has 1 amide bonds. The van der Waals surface area contributed by atoms with Gasteiger partial charge in [-0.05, 0) is 18.1 Å². The number of amides is 1. The van der Waals surface area contributed by atoms with E-state index in [1.807, 2.05) is 23.1 Å². The molecule has 0 radical (unpaired) electrons. The number of hydrogen-bond donors (Lipinski definition) is 1. The van der Waals surface area contributed by atoms with Crippen molar-refractivity contribution in [2.24, 2.45) is 0 Å². The number of nitrogens with one attached hydrogen (secondary N) is 1. The molecule has 0 bridgehead atoms. The van der Waals surface area contributed by atoms with E-state index in [0.717, 1.165) is 31.6 Å². The number of carbonyl (C=O) groups excluding carboxylic acids is 1. The smallest absolute Gasteiger partial charge is 0.240 e. The second-order valence-electron chi connectivity index (χ2n) is 4.10. The SMILES string of the molecule is CCCc1ccccc1N1CCNCC1=O. The normalized spacial score (nSPS) is 16.6. The van der Waals surface area contributed by atoms with Gasteiger partial charge in [-0.15, -0.1) is 0 Å². The van der Waals surface area contributed by atoms with Crippen LogP contribution in [0.25, 0.3) is 0 Å². The Morgan fingerprint density at radius 3 is 2.94 bits per heavy atom. The summed E-state index contributed by atoms with van der Waals surface area (Å²) in [4.78, 5) is 13.7. The van der Waals surface area contributed by atoms with Crippen LogP contribution in [-0.2, 0) is 11.2 Å². The monoisotopic (exact) mass is 218 g/mol. The first-order valence-corrected chi connectivity index (χ1v) is 5.92.